The van der Waals surface area contributed by atoms with Crippen molar-refractivity contribution in [2.45, 2.75) is 13.8 Å². The molecule has 0 aliphatic carbocycles. The molecule has 0 heterocycles. The van der Waals surface area contributed by atoms with Crippen LogP contribution >= 0.6 is 43.5 Å². The summed E-state index contributed by atoms with van der Waals surface area (Å²) in [6.45, 7) is 3.88. The van der Waals surface area contributed by atoms with E-state index in [1.807, 2.05) is 38.1 Å². The van der Waals surface area contributed by atoms with E-state index in [2.05, 4.69) is 31.9 Å². The summed E-state index contributed by atoms with van der Waals surface area (Å²) in [6, 6.07) is 9.21. The molecule has 2 aromatic rings. The number of carbonyl (C=O) groups is 1. The number of rotatable bonds is 2. The van der Waals surface area contributed by atoms with Gasteiger partial charge in [0.25, 0.3) is 0 Å². The van der Waals surface area contributed by atoms with Crippen LogP contribution in [0.3, 0.4) is 0 Å². The van der Waals surface area contributed by atoms with Crippen molar-refractivity contribution in [2.75, 3.05) is 0 Å². The van der Waals surface area contributed by atoms with Crippen molar-refractivity contribution < 1.29 is 4.79 Å². The van der Waals surface area contributed by atoms with Gasteiger partial charge >= 0.3 is 0 Å². The SMILES string of the molecule is Cc1cc(C(=O)c2cccc(Br)c2Cl)c(C)cc1Br. The second kappa shape index (κ2) is 5.78. The lowest BCUT2D eigenvalue weighted by Crippen LogP contribution is -2.05. The van der Waals surface area contributed by atoms with Crippen LogP contribution in [0.25, 0.3) is 0 Å². The quantitative estimate of drug-likeness (QED) is 0.588. The summed E-state index contributed by atoms with van der Waals surface area (Å²) in [5.74, 6) is -0.0561. The number of hydrogen-bond acceptors (Lipinski definition) is 1. The lowest BCUT2D eigenvalue weighted by atomic mass is 9.97. The largest absolute Gasteiger partial charge is 0.289 e. The highest BCUT2D eigenvalue weighted by Gasteiger charge is 2.17. The van der Waals surface area contributed by atoms with E-state index in [9.17, 15) is 4.79 Å². The van der Waals surface area contributed by atoms with Crippen molar-refractivity contribution in [2.24, 2.45) is 0 Å². The van der Waals surface area contributed by atoms with Crippen molar-refractivity contribution in [3.63, 3.8) is 0 Å². The number of carbonyl (C=O) groups excluding carboxylic acids is 1. The molecule has 0 aliphatic rings. The van der Waals surface area contributed by atoms with Gasteiger partial charge in [0, 0.05) is 20.1 Å². The van der Waals surface area contributed by atoms with Gasteiger partial charge in [-0.1, -0.05) is 33.6 Å². The molecule has 2 rings (SSSR count). The predicted octanol–water partition coefficient (Wildman–Crippen LogP) is 5.71. The summed E-state index contributed by atoms with van der Waals surface area (Å²) in [4.78, 5) is 12.6. The van der Waals surface area contributed by atoms with Gasteiger partial charge in [-0.15, -0.1) is 0 Å². The molecule has 0 bridgehead atoms. The summed E-state index contributed by atoms with van der Waals surface area (Å²) in [7, 11) is 0. The van der Waals surface area contributed by atoms with Gasteiger partial charge in [0.1, 0.15) is 0 Å². The zero-order valence-corrected chi connectivity index (χ0v) is 14.4. The van der Waals surface area contributed by atoms with Gasteiger partial charge in [0.15, 0.2) is 5.78 Å². The highest BCUT2D eigenvalue weighted by Crippen LogP contribution is 2.29. The summed E-state index contributed by atoms with van der Waals surface area (Å²) in [6.07, 6.45) is 0. The molecular weight excluding hydrogens is 391 g/mol. The smallest absolute Gasteiger partial charge is 0.194 e. The van der Waals surface area contributed by atoms with Crippen molar-refractivity contribution in [3.05, 3.63) is 66.6 Å². The fraction of sp³-hybridized carbons (Fsp3) is 0.133. The minimum atomic E-state index is -0.0561. The van der Waals surface area contributed by atoms with Gasteiger partial charge in [-0.2, -0.15) is 0 Å². The predicted molar refractivity (Wildman–Crippen MR) is 86.2 cm³/mol. The van der Waals surface area contributed by atoms with Crippen LogP contribution in [0, 0.1) is 13.8 Å². The molecule has 0 atom stereocenters. The number of aryl methyl sites for hydroxylation is 2. The molecule has 0 saturated heterocycles. The number of halogens is 3. The van der Waals surface area contributed by atoms with E-state index < -0.39 is 0 Å². The van der Waals surface area contributed by atoms with Crippen LogP contribution in [-0.4, -0.2) is 5.78 Å². The minimum Gasteiger partial charge on any atom is -0.289 e. The Morgan fingerprint density at radius 1 is 1.00 bits per heavy atom. The molecule has 1 nitrogen and oxygen atoms in total. The summed E-state index contributed by atoms with van der Waals surface area (Å²) >= 11 is 13.0. The Balaban J connectivity index is 2.56. The van der Waals surface area contributed by atoms with Crippen LogP contribution in [0.4, 0.5) is 0 Å². The molecule has 0 amide bonds. The van der Waals surface area contributed by atoms with E-state index in [1.54, 1.807) is 6.07 Å². The molecule has 0 spiro atoms. The van der Waals surface area contributed by atoms with E-state index in [-0.39, 0.29) is 5.78 Å². The Morgan fingerprint density at radius 3 is 2.37 bits per heavy atom. The van der Waals surface area contributed by atoms with E-state index in [1.165, 1.54) is 0 Å². The third-order valence-corrected chi connectivity index (χ3v) is 5.10. The maximum absolute atomic E-state index is 12.6. The van der Waals surface area contributed by atoms with Gasteiger partial charge in [0.05, 0.1) is 5.02 Å². The van der Waals surface area contributed by atoms with Crippen molar-refractivity contribution in [1.82, 2.24) is 0 Å². The van der Waals surface area contributed by atoms with E-state index in [4.69, 9.17) is 11.6 Å². The Labute approximate surface area is 134 Å². The van der Waals surface area contributed by atoms with Crippen LogP contribution in [-0.2, 0) is 0 Å². The fourth-order valence-electron chi connectivity index (χ4n) is 1.85. The molecule has 0 saturated carbocycles. The molecule has 0 aromatic heterocycles. The Kier molecular flexibility index (Phi) is 4.49. The average molecular weight is 403 g/mol. The molecule has 4 heteroatoms. The number of ketones is 1. The van der Waals surface area contributed by atoms with E-state index in [0.29, 0.717) is 16.1 Å². The second-order valence-electron chi connectivity index (χ2n) is 4.35. The zero-order chi connectivity index (χ0) is 14.2. The van der Waals surface area contributed by atoms with Gasteiger partial charge in [-0.3, -0.25) is 4.79 Å². The Bertz CT molecular complexity index is 665. The first kappa shape index (κ1) is 14.8. The first-order valence-electron chi connectivity index (χ1n) is 5.67. The average Bonchev–Trinajstić information content (AvgIpc) is 2.36. The number of benzene rings is 2. The molecule has 0 fully saturated rings. The molecule has 2 aromatic carbocycles. The van der Waals surface area contributed by atoms with Crippen molar-refractivity contribution >= 4 is 49.2 Å². The molecular formula is C15H11Br2ClO. The summed E-state index contributed by atoms with van der Waals surface area (Å²) in [5, 5.41) is 0.451. The van der Waals surface area contributed by atoms with Crippen molar-refractivity contribution in [3.8, 4) is 0 Å². The number of hydrogen-bond donors (Lipinski definition) is 0. The standard InChI is InChI=1S/C15H11Br2ClO/c1-8-7-13(17)9(2)6-11(8)15(19)10-4-3-5-12(16)14(10)18/h3-7H,1-2H3. The second-order valence-corrected chi connectivity index (χ2v) is 6.43. The van der Waals surface area contributed by atoms with Crippen LogP contribution in [0.15, 0.2) is 39.3 Å². The van der Waals surface area contributed by atoms with Gasteiger partial charge in [0.2, 0.25) is 0 Å². The van der Waals surface area contributed by atoms with Crippen molar-refractivity contribution in [1.29, 1.82) is 0 Å². The van der Waals surface area contributed by atoms with Gasteiger partial charge in [-0.05, 0) is 65.2 Å². The first-order valence-corrected chi connectivity index (χ1v) is 7.63. The Morgan fingerprint density at radius 2 is 1.68 bits per heavy atom. The van der Waals surface area contributed by atoms with Crippen LogP contribution < -0.4 is 0 Å². The topological polar surface area (TPSA) is 17.1 Å². The molecule has 98 valence electrons. The third kappa shape index (κ3) is 2.93. The molecule has 19 heavy (non-hydrogen) atoms. The molecule has 0 radical (unpaired) electrons. The van der Waals surface area contributed by atoms with Crippen LogP contribution in [0.1, 0.15) is 27.0 Å². The van der Waals surface area contributed by atoms with Gasteiger partial charge in [-0.25, -0.2) is 0 Å². The molecule has 0 N–H and O–H groups in total. The third-order valence-electron chi connectivity index (χ3n) is 2.95. The highest BCUT2D eigenvalue weighted by molar-refractivity contribution is 9.10. The van der Waals surface area contributed by atoms with Gasteiger partial charge < -0.3 is 0 Å². The first-order chi connectivity index (χ1) is 8.91. The normalized spacial score (nSPS) is 10.6. The zero-order valence-electron chi connectivity index (χ0n) is 10.4. The maximum atomic E-state index is 12.6. The minimum absolute atomic E-state index is 0.0561. The Hall–Kier alpha value is -0.640. The van der Waals surface area contributed by atoms with E-state index >= 15 is 0 Å². The highest BCUT2D eigenvalue weighted by atomic mass is 79.9. The summed E-state index contributed by atoms with van der Waals surface area (Å²) in [5.41, 5.74) is 3.15. The lowest BCUT2D eigenvalue weighted by Gasteiger charge is -2.10. The molecule has 0 unspecified atom stereocenters. The fourth-order valence-corrected chi connectivity index (χ4v) is 2.89. The van der Waals surface area contributed by atoms with E-state index in [0.717, 1.165) is 20.1 Å². The monoisotopic (exact) mass is 400 g/mol. The van der Waals surface area contributed by atoms with Crippen LogP contribution in [0.5, 0.6) is 0 Å². The lowest BCUT2D eigenvalue weighted by molar-refractivity contribution is 0.103. The summed E-state index contributed by atoms with van der Waals surface area (Å²) < 4.78 is 1.73. The van der Waals surface area contributed by atoms with Crippen LogP contribution in [0.2, 0.25) is 5.02 Å². The molecule has 0 aliphatic heterocycles. The maximum Gasteiger partial charge on any atom is 0.194 e.